The Labute approximate surface area is 125 Å². The number of ether oxygens (including phenoxy) is 1. The van der Waals surface area contributed by atoms with E-state index in [1.54, 1.807) is 13.0 Å². The number of hydrogen-bond acceptors (Lipinski definition) is 5. The molecule has 0 aromatic heterocycles. The van der Waals surface area contributed by atoms with Gasteiger partial charge in [-0.05, 0) is 22.9 Å². The second kappa shape index (κ2) is 6.21. The molecule has 1 aliphatic heterocycles. The monoisotopic (exact) mass is 342 g/mol. The Bertz CT molecular complexity index is 537. The predicted molar refractivity (Wildman–Crippen MR) is 78.4 cm³/mol. The third-order valence-electron chi connectivity index (χ3n) is 3.19. The Hall–Kier alpha value is -1.63. The van der Waals surface area contributed by atoms with E-state index in [0.717, 1.165) is 5.69 Å². The number of ketones is 1. The molecule has 108 valence electrons. The molecule has 0 atom stereocenters. The minimum absolute atomic E-state index is 0.0597. The molecular weight excluding hydrogens is 328 g/mol. The Morgan fingerprint density at radius 3 is 2.60 bits per heavy atom. The fourth-order valence-corrected chi connectivity index (χ4v) is 2.77. The minimum atomic E-state index is -0.459. The first-order chi connectivity index (χ1) is 9.52. The third kappa shape index (κ3) is 3.09. The van der Waals surface area contributed by atoms with Gasteiger partial charge in [-0.15, -0.1) is 0 Å². The summed E-state index contributed by atoms with van der Waals surface area (Å²) in [5.41, 5.74) is 0.766. The highest BCUT2D eigenvalue weighted by Crippen LogP contribution is 2.38. The first-order valence-electron chi connectivity index (χ1n) is 6.40. The van der Waals surface area contributed by atoms with Gasteiger partial charge >= 0.3 is 5.69 Å². The summed E-state index contributed by atoms with van der Waals surface area (Å²) < 4.78 is 5.99. The molecule has 0 amide bonds. The molecule has 1 heterocycles. The highest BCUT2D eigenvalue weighted by Gasteiger charge is 2.23. The largest absolute Gasteiger partial charge is 0.487 e. The zero-order valence-electron chi connectivity index (χ0n) is 11.1. The number of Topliss-reactive ketones (excluding diaryl/α,β-unsaturated/α-hetero) is 1. The molecule has 2 rings (SSSR count). The van der Waals surface area contributed by atoms with Gasteiger partial charge in [-0.1, -0.05) is 0 Å². The number of rotatable bonds is 4. The third-order valence-corrected chi connectivity index (χ3v) is 3.82. The maximum atomic E-state index is 11.3. The Morgan fingerprint density at radius 2 is 2.05 bits per heavy atom. The van der Waals surface area contributed by atoms with Crippen molar-refractivity contribution in [3.63, 3.8) is 0 Å². The predicted octanol–water partition coefficient (Wildman–Crippen LogP) is 2.93. The van der Waals surface area contributed by atoms with E-state index in [0.29, 0.717) is 37.0 Å². The van der Waals surface area contributed by atoms with E-state index < -0.39 is 4.92 Å². The van der Waals surface area contributed by atoms with Crippen LogP contribution in [0.5, 0.6) is 5.75 Å². The van der Waals surface area contributed by atoms with E-state index in [-0.39, 0.29) is 17.2 Å². The van der Waals surface area contributed by atoms with Gasteiger partial charge in [0.1, 0.15) is 5.78 Å². The number of nitro groups is 1. The smallest absolute Gasteiger partial charge is 0.312 e. The molecule has 20 heavy (non-hydrogen) atoms. The number of piperidine rings is 1. The van der Waals surface area contributed by atoms with Crippen LogP contribution in [0.1, 0.15) is 19.8 Å². The summed E-state index contributed by atoms with van der Waals surface area (Å²) in [4.78, 5) is 23.9. The molecule has 0 bridgehead atoms. The van der Waals surface area contributed by atoms with E-state index in [2.05, 4.69) is 15.9 Å². The van der Waals surface area contributed by atoms with Gasteiger partial charge in [0, 0.05) is 42.5 Å². The van der Waals surface area contributed by atoms with E-state index in [1.807, 2.05) is 4.90 Å². The number of nitro benzene ring substituents is 1. The number of nitrogens with zero attached hydrogens (tertiary/aromatic N) is 2. The number of benzene rings is 1. The summed E-state index contributed by atoms with van der Waals surface area (Å²) >= 11 is 3.36. The lowest BCUT2D eigenvalue weighted by molar-refractivity contribution is -0.385. The number of carbonyl (C=O) groups excluding carboxylic acids is 1. The van der Waals surface area contributed by atoms with Gasteiger partial charge in [0.2, 0.25) is 0 Å². The second-order valence-corrected chi connectivity index (χ2v) is 5.34. The lowest BCUT2D eigenvalue weighted by Crippen LogP contribution is -2.33. The number of anilines is 1. The molecule has 1 saturated heterocycles. The lowest BCUT2D eigenvalue weighted by atomic mass is 10.1. The summed E-state index contributed by atoms with van der Waals surface area (Å²) in [5.74, 6) is 0.511. The van der Waals surface area contributed by atoms with Crippen molar-refractivity contribution in [1.29, 1.82) is 0 Å². The van der Waals surface area contributed by atoms with Crippen molar-refractivity contribution in [2.24, 2.45) is 0 Å². The van der Waals surface area contributed by atoms with Crippen LogP contribution in [0.3, 0.4) is 0 Å². The molecule has 0 aliphatic carbocycles. The first kappa shape index (κ1) is 14.8. The molecule has 1 aromatic rings. The van der Waals surface area contributed by atoms with Gasteiger partial charge in [0.25, 0.3) is 0 Å². The topological polar surface area (TPSA) is 72.7 Å². The molecule has 0 N–H and O–H groups in total. The van der Waals surface area contributed by atoms with Crippen molar-refractivity contribution in [1.82, 2.24) is 0 Å². The summed E-state index contributed by atoms with van der Waals surface area (Å²) in [6, 6.07) is 3.12. The van der Waals surface area contributed by atoms with Gasteiger partial charge in [-0.3, -0.25) is 14.9 Å². The minimum Gasteiger partial charge on any atom is -0.487 e. The van der Waals surface area contributed by atoms with Crippen molar-refractivity contribution in [2.45, 2.75) is 19.8 Å². The van der Waals surface area contributed by atoms with Crippen molar-refractivity contribution in [3.8, 4) is 5.75 Å². The standard InChI is InChI=1S/C13H15BrN2O4/c1-2-20-13-8-11(10(14)7-12(13)16(18)19)15-5-3-9(17)4-6-15/h7-8H,2-6H2,1H3. The maximum absolute atomic E-state index is 11.3. The van der Waals surface area contributed by atoms with Crippen LogP contribution in [-0.4, -0.2) is 30.4 Å². The van der Waals surface area contributed by atoms with Crippen molar-refractivity contribution < 1.29 is 14.5 Å². The van der Waals surface area contributed by atoms with Gasteiger partial charge in [0.05, 0.1) is 17.2 Å². The SMILES string of the molecule is CCOc1cc(N2CCC(=O)CC2)c(Br)cc1[N+](=O)[O-]. The quantitative estimate of drug-likeness (QED) is 0.621. The molecule has 0 unspecified atom stereocenters. The van der Waals surface area contributed by atoms with Crippen LogP contribution >= 0.6 is 15.9 Å². The Balaban J connectivity index is 2.36. The normalized spacial score (nSPS) is 15.3. The van der Waals surface area contributed by atoms with Gasteiger partial charge < -0.3 is 9.64 Å². The highest BCUT2D eigenvalue weighted by atomic mass is 79.9. The van der Waals surface area contributed by atoms with Crippen LogP contribution in [0.2, 0.25) is 0 Å². The van der Waals surface area contributed by atoms with Crippen LogP contribution in [0.25, 0.3) is 0 Å². The zero-order chi connectivity index (χ0) is 14.7. The summed E-state index contributed by atoms with van der Waals surface area (Å²) in [7, 11) is 0. The first-order valence-corrected chi connectivity index (χ1v) is 7.19. The molecule has 0 radical (unpaired) electrons. The van der Waals surface area contributed by atoms with Crippen LogP contribution in [0.15, 0.2) is 16.6 Å². The fourth-order valence-electron chi connectivity index (χ4n) is 2.19. The Morgan fingerprint density at radius 1 is 1.40 bits per heavy atom. The van der Waals surface area contributed by atoms with E-state index in [4.69, 9.17) is 4.74 Å². The zero-order valence-corrected chi connectivity index (χ0v) is 12.7. The molecule has 1 aromatic carbocycles. The molecule has 1 aliphatic rings. The van der Waals surface area contributed by atoms with Crippen LogP contribution < -0.4 is 9.64 Å². The van der Waals surface area contributed by atoms with Gasteiger partial charge in [-0.2, -0.15) is 0 Å². The number of halogens is 1. The van der Waals surface area contributed by atoms with E-state index in [1.165, 1.54) is 6.07 Å². The maximum Gasteiger partial charge on any atom is 0.312 e. The van der Waals surface area contributed by atoms with Gasteiger partial charge in [0.15, 0.2) is 5.75 Å². The Kier molecular flexibility index (Phi) is 4.59. The molecular formula is C13H15BrN2O4. The van der Waals surface area contributed by atoms with E-state index in [9.17, 15) is 14.9 Å². The number of carbonyl (C=O) groups is 1. The van der Waals surface area contributed by atoms with Crippen LogP contribution in [0.4, 0.5) is 11.4 Å². The second-order valence-electron chi connectivity index (χ2n) is 4.49. The molecule has 0 saturated carbocycles. The van der Waals surface area contributed by atoms with E-state index >= 15 is 0 Å². The summed E-state index contributed by atoms with van der Waals surface area (Å²) in [5, 5.41) is 11.0. The summed E-state index contributed by atoms with van der Waals surface area (Å²) in [6.45, 7) is 3.40. The number of hydrogen-bond donors (Lipinski definition) is 0. The van der Waals surface area contributed by atoms with Crippen molar-refractivity contribution in [2.75, 3.05) is 24.6 Å². The van der Waals surface area contributed by atoms with Gasteiger partial charge in [-0.25, -0.2) is 0 Å². The summed E-state index contributed by atoms with van der Waals surface area (Å²) in [6.07, 6.45) is 1.01. The van der Waals surface area contributed by atoms with Crippen molar-refractivity contribution >= 4 is 33.1 Å². The average molecular weight is 343 g/mol. The molecule has 1 fully saturated rings. The molecule has 7 heteroatoms. The highest BCUT2D eigenvalue weighted by molar-refractivity contribution is 9.10. The fraction of sp³-hybridized carbons (Fsp3) is 0.462. The molecule has 0 spiro atoms. The molecule has 6 nitrogen and oxygen atoms in total. The average Bonchev–Trinajstić information content (AvgIpc) is 2.41. The van der Waals surface area contributed by atoms with Crippen LogP contribution in [-0.2, 0) is 4.79 Å². The van der Waals surface area contributed by atoms with Crippen molar-refractivity contribution in [3.05, 3.63) is 26.7 Å². The van der Waals surface area contributed by atoms with Crippen LogP contribution in [0, 0.1) is 10.1 Å². The lowest BCUT2D eigenvalue weighted by Gasteiger charge is -2.29.